The summed E-state index contributed by atoms with van der Waals surface area (Å²) in [5, 5.41) is 15.1. The first-order chi connectivity index (χ1) is 16.9. The molecular weight excluding hydrogens is 444 g/mol. The Labute approximate surface area is 206 Å². The summed E-state index contributed by atoms with van der Waals surface area (Å²) in [6.45, 7) is 4.22. The standard InChI is InChI=1S/C28H34N2O5/c1-3-17(2)14-25(27(32)33)30-26(31)18-12-13-19(15-18)29-28(34)35-16-24-22-10-6-4-8-20(22)21-9-5-7-11-23(21)24/h4-11,17-19,24-25H,3,12-16H2,1-2H3,(H,29,34)(H,30,31)(H,32,33)/t17?,18-,19+,25?/m1/s1. The van der Waals surface area contributed by atoms with Gasteiger partial charge in [-0.05, 0) is 53.9 Å². The molecule has 2 aromatic carbocycles. The molecule has 2 aromatic rings. The van der Waals surface area contributed by atoms with E-state index in [2.05, 4.69) is 34.9 Å². The quantitative estimate of drug-likeness (QED) is 0.485. The van der Waals surface area contributed by atoms with Crippen molar-refractivity contribution in [3.05, 3.63) is 59.7 Å². The van der Waals surface area contributed by atoms with Gasteiger partial charge in [-0.25, -0.2) is 9.59 Å². The van der Waals surface area contributed by atoms with Crippen LogP contribution in [0.5, 0.6) is 0 Å². The second-order valence-corrected chi connectivity index (χ2v) is 9.83. The zero-order chi connectivity index (χ0) is 24.9. The fourth-order valence-electron chi connectivity index (χ4n) is 5.24. The highest BCUT2D eigenvalue weighted by Crippen LogP contribution is 2.44. The number of hydrogen-bond donors (Lipinski definition) is 3. The zero-order valence-electron chi connectivity index (χ0n) is 20.3. The highest BCUT2D eigenvalue weighted by molar-refractivity contribution is 5.85. The molecule has 186 valence electrons. The number of amides is 2. The topological polar surface area (TPSA) is 105 Å². The van der Waals surface area contributed by atoms with Gasteiger partial charge in [0.2, 0.25) is 5.91 Å². The summed E-state index contributed by atoms with van der Waals surface area (Å²) in [5.74, 6) is -1.37. The second-order valence-electron chi connectivity index (χ2n) is 9.83. The van der Waals surface area contributed by atoms with Crippen molar-refractivity contribution in [3.63, 3.8) is 0 Å². The number of rotatable bonds is 9. The SMILES string of the molecule is CCC(C)CC(NC(=O)[C@@H]1CC[C@H](NC(=O)OCC2c3ccccc3-c3ccccc32)C1)C(=O)O. The molecule has 0 radical (unpaired) electrons. The van der Waals surface area contributed by atoms with Crippen LogP contribution in [-0.4, -0.2) is 41.8 Å². The van der Waals surface area contributed by atoms with Gasteiger partial charge in [-0.2, -0.15) is 0 Å². The van der Waals surface area contributed by atoms with Crippen molar-refractivity contribution in [2.75, 3.05) is 6.61 Å². The lowest BCUT2D eigenvalue weighted by atomic mass is 9.98. The summed E-state index contributed by atoms with van der Waals surface area (Å²) in [6, 6.07) is 15.3. The number of carboxylic acids is 1. The maximum Gasteiger partial charge on any atom is 0.407 e. The van der Waals surface area contributed by atoms with Crippen molar-refractivity contribution in [1.29, 1.82) is 0 Å². The van der Waals surface area contributed by atoms with Gasteiger partial charge in [-0.15, -0.1) is 0 Å². The third-order valence-corrected chi connectivity index (χ3v) is 7.42. The molecular formula is C28H34N2O5. The summed E-state index contributed by atoms with van der Waals surface area (Å²) < 4.78 is 5.62. The Bertz CT molecular complexity index is 1040. The molecule has 1 saturated carbocycles. The number of carbonyl (C=O) groups excluding carboxylic acids is 2. The lowest BCUT2D eigenvalue weighted by Crippen LogP contribution is -2.44. The number of ether oxygens (including phenoxy) is 1. The van der Waals surface area contributed by atoms with Crippen LogP contribution < -0.4 is 10.6 Å². The number of carbonyl (C=O) groups is 3. The molecule has 0 saturated heterocycles. The average molecular weight is 479 g/mol. The molecule has 2 aliphatic carbocycles. The van der Waals surface area contributed by atoms with Crippen LogP contribution in [0.15, 0.2) is 48.5 Å². The molecule has 2 amide bonds. The van der Waals surface area contributed by atoms with Crippen LogP contribution in [0, 0.1) is 11.8 Å². The minimum Gasteiger partial charge on any atom is -0.480 e. The first kappa shape index (κ1) is 24.8. The molecule has 3 N–H and O–H groups in total. The van der Waals surface area contributed by atoms with Crippen molar-refractivity contribution in [1.82, 2.24) is 10.6 Å². The van der Waals surface area contributed by atoms with E-state index in [0.717, 1.165) is 17.5 Å². The number of nitrogens with one attached hydrogen (secondary N) is 2. The molecule has 7 heteroatoms. The van der Waals surface area contributed by atoms with E-state index in [4.69, 9.17) is 4.74 Å². The van der Waals surface area contributed by atoms with Gasteiger partial charge in [0.1, 0.15) is 12.6 Å². The first-order valence-corrected chi connectivity index (χ1v) is 12.5. The molecule has 1 fully saturated rings. The van der Waals surface area contributed by atoms with E-state index in [1.807, 2.05) is 38.1 Å². The van der Waals surface area contributed by atoms with E-state index in [0.29, 0.717) is 25.7 Å². The van der Waals surface area contributed by atoms with E-state index in [-0.39, 0.29) is 36.3 Å². The summed E-state index contributed by atoms with van der Waals surface area (Å²) >= 11 is 0. The van der Waals surface area contributed by atoms with Crippen molar-refractivity contribution < 1.29 is 24.2 Å². The first-order valence-electron chi connectivity index (χ1n) is 12.5. The predicted molar refractivity (Wildman–Crippen MR) is 133 cm³/mol. The molecule has 7 nitrogen and oxygen atoms in total. The maximum absolute atomic E-state index is 12.7. The second kappa shape index (κ2) is 10.9. The van der Waals surface area contributed by atoms with E-state index >= 15 is 0 Å². The van der Waals surface area contributed by atoms with Crippen LogP contribution >= 0.6 is 0 Å². The lowest BCUT2D eigenvalue weighted by molar-refractivity contribution is -0.143. The number of carboxylic acid groups (broad SMARTS) is 1. The smallest absolute Gasteiger partial charge is 0.407 e. The van der Waals surface area contributed by atoms with Crippen LogP contribution in [0.2, 0.25) is 0 Å². The van der Waals surface area contributed by atoms with Crippen molar-refractivity contribution in [3.8, 4) is 11.1 Å². The minimum absolute atomic E-state index is 0.00582. The summed E-state index contributed by atoms with van der Waals surface area (Å²) in [4.78, 5) is 36.8. The minimum atomic E-state index is -1.01. The Morgan fingerprint density at radius 2 is 1.66 bits per heavy atom. The normalized spacial score (nSPS) is 20.4. The van der Waals surface area contributed by atoms with Crippen LogP contribution in [0.1, 0.15) is 63.0 Å². The molecule has 4 atom stereocenters. The Kier molecular flexibility index (Phi) is 7.73. The Morgan fingerprint density at radius 1 is 1.03 bits per heavy atom. The summed E-state index contributed by atoms with van der Waals surface area (Å²) in [7, 11) is 0. The fourth-order valence-corrected chi connectivity index (χ4v) is 5.24. The van der Waals surface area contributed by atoms with Gasteiger partial charge < -0.3 is 20.5 Å². The van der Waals surface area contributed by atoms with Crippen LogP contribution in [0.4, 0.5) is 4.79 Å². The van der Waals surface area contributed by atoms with Crippen LogP contribution in [0.3, 0.4) is 0 Å². The number of hydrogen-bond acceptors (Lipinski definition) is 4. The maximum atomic E-state index is 12.7. The van der Waals surface area contributed by atoms with E-state index in [1.54, 1.807) is 0 Å². The molecule has 2 aliphatic rings. The molecule has 0 aliphatic heterocycles. The number of benzene rings is 2. The fraction of sp³-hybridized carbons (Fsp3) is 0.464. The van der Waals surface area contributed by atoms with Gasteiger partial charge in [0, 0.05) is 17.9 Å². The van der Waals surface area contributed by atoms with Crippen molar-refractivity contribution in [2.24, 2.45) is 11.8 Å². The summed E-state index contributed by atoms with van der Waals surface area (Å²) in [6.07, 6.45) is 2.52. The highest BCUT2D eigenvalue weighted by atomic mass is 16.5. The zero-order valence-corrected chi connectivity index (χ0v) is 20.3. The molecule has 0 bridgehead atoms. The van der Waals surface area contributed by atoms with E-state index < -0.39 is 18.1 Å². The average Bonchev–Trinajstić information content (AvgIpc) is 3.45. The highest BCUT2D eigenvalue weighted by Gasteiger charge is 2.34. The molecule has 0 spiro atoms. The predicted octanol–water partition coefficient (Wildman–Crippen LogP) is 4.70. The van der Waals surface area contributed by atoms with Gasteiger partial charge in [0.05, 0.1) is 0 Å². The number of fused-ring (bicyclic) bond motifs is 3. The largest absolute Gasteiger partial charge is 0.480 e. The Morgan fingerprint density at radius 3 is 2.26 bits per heavy atom. The number of alkyl carbamates (subject to hydrolysis) is 1. The Balaban J connectivity index is 1.28. The lowest BCUT2D eigenvalue weighted by Gasteiger charge is -2.20. The molecule has 4 rings (SSSR count). The summed E-state index contributed by atoms with van der Waals surface area (Å²) in [5.41, 5.74) is 4.67. The Hall–Kier alpha value is -3.35. The van der Waals surface area contributed by atoms with Gasteiger partial charge in [-0.3, -0.25) is 4.79 Å². The monoisotopic (exact) mass is 478 g/mol. The van der Waals surface area contributed by atoms with Gasteiger partial charge in [-0.1, -0.05) is 68.8 Å². The van der Waals surface area contributed by atoms with Gasteiger partial charge in [0.25, 0.3) is 0 Å². The molecule has 35 heavy (non-hydrogen) atoms. The molecule has 0 heterocycles. The van der Waals surface area contributed by atoms with Crippen LogP contribution in [0.25, 0.3) is 11.1 Å². The van der Waals surface area contributed by atoms with Gasteiger partial charge >= 0.3 is 12.1 Å². The molecule has 2 unspecified atom stereocenters. The third-order valence-electron chi connectivity index (χ3n) is 7.42. The van der Waals surface area contributed by atoms with Gasteiger partial charge in [0.15, 0.2) is 0 Å². The number of aliphatic carboxylic acids is 1. The van der Waals surface area contributed by atoms with E-state index in [1.165, 1.54) is 11.1 Å². The van der Waals surface area contributed by atoms with E-state index in [9.17, 15) is 19.5 Å². The van der Waals surface area contributed by atoms with Crippen molar-refractivity contribution >= 4 is 18.0 Å². The van der Waals surface area contributed by atoms with Crippen LogP contribution in [-0.2, 0) is 14.3 Å². The van der Waals surface area contributed by atoms with Crippen molar-refractivity contribution in [2.45, 2.75) is 64.0 Å². The third kappa shape index (κ3) is 5.66. The molecule has 0 aromatic heterocycles.